The molecule has 1 aromatic rings. The Kier molecular flexibility index (Phi) is 4.63. The lowest BCUT2D eigenvalue weighted by atomic mass is 10.0. The molecule has 0 spiro atoms. The zero-order chi connectivity index (χ0) is 11.3. The van der Waals surface area contributed by atoms with Crippen LogP contribution < -0.4 is 5.32 Å². The van der Waals surface area contributed by atoms with E-state index in [1.165, 1.54) is 5.57 Å². The minimum Gasteiger partial charge on any atom is -0.462 e. The Morgan fingerprint density at radius 2 is 2.20 bits per heavy atom. The highest BCUT2D eigenvalue weighted by molar-refractivity contribution is 5.48. The summed E-state index contributed by atoms with van der Waals surface area (Å²) in [6.07, 6.45) is 3.09. The summed E-state index contributed by atoms with van der Waals surface area (Å²) in [5, 5.41) is 3.18. The molecule has 0 unspecified atom stereocenters. The maximum absolute atomic E-state index is 5.66. The maximum atomic E-state index is 5.66. The molecule has 1 heterocycles. The van der Waals surface area contributed by atoms with Crippen LogP contribution in [0.2, 0.25) is 0 Å². The van der Waals surface area contributed by atoms with Crippen LogP contribution in [-0.4, -0.2) is 13.6 Å². The summed E-state index contributed by atoms with van der Waals surface area (Å²) in [6.45, 7) is 7.42. The van der Waals surface area contributed by atoms with Crippen LogP contribution in [0.25, 0.3) is 6.08 Å². The van der Waals surface area contributed by atoms with E-state index in [0.717, 1.165) is 24.5 Å². The summed E-state index contributed by atoms with van der Waals surface area (Å²) in [7, 11) is 1.97. The maximum Gasteiger partial charge on any atom is 0.127 e. The number of aryl methyl sites for hydroxylation is 1. The summed E-state index contributed by atoms with van der Waals surface area (Å²) >= 11 is 0. The lowest BCUT2D eigenvalue weighted by Gasteiger charge is -2.09. The quantitative estimate of drug-likeness (QED) is 0.802. The molecule has 15 heavy (non-hydrogen) atoms. The molecule has 84 valence electrons. The van der Waals surface area contributed by atoms with Crippen LogP contribution in [0.3, 0.4) is 0 Å². The van der Waals surface area contributed by atoms with E-state index in [9.17, 15) is 0 Å². The Bertz CT molecular complexity index is 323. The first-order valence-corrected chi connectivity index (χ1v) is 5.61. The van der Waals surface area contributed by atoms with Gasteiger partial charge in [0.15, 0.2) is 0 Å². The summed E-state index contributed by atoms with van der Waals surface area (Å²) in [6, 6.07) is 4.08. The van der Waals surface area contributed by atoms with Gasteiger partial charge in [-0.2, -0.15) is 0 Å². The van der Waals surface area contributed by atoms with Crippen molar-refractivity contribution in [3.8, 4) is 0 Å². The van der Waals surface area contributed by atoms with Gasteiger partial charge in [-0.05, 0) is 31.2 Å². The minimum atomic E-state index is 0.549. The van der Waals surface area contributed by atoms with Gasteiger partial charge >= 0.3 is 0 Å². The highest BCUT2D eigenvalue weighted by Gasteiger charge is 2.04. The van der Waals surface area contributed by atoms with E-state index in [4.69, 9.17) is 4.42 Å². The smallest absolute Gasteiger partial charge is 0.127 e. The average molecular weight is 207 g/mol. The van der Waals surface area contributed by atoms with Crippen molar-refractivity contribution < 1.29 is 4.42 Å². The molecule has 0 radical (unpaired) electrons. The molecule has 2 heteroatoms. The molecule has 0 aliphatic carbocycles. The fraction of sp³-hybridized carbons (Fsp3) is 0.538. The monoisotopic (exact) mass is 207 g/mol. The Morgan fingerprint density at radius 3 is 2.67 bits per heavy atom. The van der Waals surface area contributed by atoms with E-state index < -0.39 is 0 Å². The summed E-state index contributed by atoms with van der Waals surface area (Å²) < 4.78 is 5.66. The second-order valence-corrected chi connectivity index (χ2v) is 4.06. The first-order valence-electron chi connectivity index (χ1n) is 5.61. The zero-order valence-electron chi connectivity index (χ0n) is 10.1. The van der Waals surface area contributed by atoms with Crippen LogP contribution in [-0.2, 0) is 6.42 Å². The Morgan fingerprint density at radius 1 is 1.47 bits per heavy atom. The highest BCUT2D eigenvalue weighted by Crippen LogP contribution is 2.16. The largest absolute Gasteiger partial charge is 0.462 e. The summed E-state index contributed by atoms with van der Waals surface area (Å²) in [5.41, 5.74) is 1.37. The molecule has 2 nitrogen and oxygen atoms in total. The second-order valence-electron chi connectivity index (χ2n) is 4.06. The zero-order valence-corrected chi connectivity index (χ0v) is 10.1. The van der Waals surface area contributed by atoms with Crippen molar-refractivity contribution in [2.45, 2.75) is 27.2 Å². The molecule has 0 atom stereocenters. The fourth-order valence-electron chi connectivity index (χ4n) is 1.47. The van der Waals surface area contributed by atoms with Crippen LogP contribution in [0.15, 0.2) is 22.1 Å². The molecule has 0 bridgehead atoms. The van der Waals surface area contributed by atoms with E-state index in [1.807, 2.05) is 19.2 Å². The third-order valence-electron chi connectivity index (χ3n) is 2.48. The standard InChI is InChI=1S/C13H21NO/c1-5-12-6-7-13(15-12)8-11(9-14-4)10(2)3/h6-8,10,14H,5,9H2,1-4H3. The molecule has 1 rings (SSSR count). The molecule has 0 saturated heterocycles. The van der Waals surface area contributed by atoms with Crippen LogP contribution in [0.4, 0.5) is 0 Å². The molecule has 0 fully saturated rings. The molecule has 0 saturated carbocycles. The van der Waals surface area contributed by atoms with Crippen LogP contribution in [0, 0.1) is 5.92 Å². The summed E-state index contributed by atoms with van der Waals surface area (Å²) in [5.74, 6) is 2.56. The number of nitrogens with one attached hydrogen (secondary N) is 1. The van der Waals surface area contributed by atoms with Crippen molar-refractivity contribution in [3.63, 3.8) is 0 Å². The number of rotatable bonds is 5. The lowest BCUT2D eigenvalue weighted by Crippen LogP contribution is -2.13. The van der Waals surface area contributed by atoms with Gasteiger partial charge in [0, 0.05) is 13.0 Å². The average Bonchev–Trinajstić information content (AvgIpc) is 2.65. The molecule has 0 aliphatic heterocycles. The van der Waals surface area contributed by atoms with Gasteiger partial charge in [0.2, 0.25) is 0 Å². The van der Waals surface area contributed by atoms with Crippen molar-refractivity contribution in [2.75, 3.05) is 13.6 Å². The Hall–Kier alpha value is -1.02. The predicted molar refractivity (Wildman–Crippen MR) is 64.8 cm³/mol. The van der Waals surface area contributed by atoms with E-state index in [0.29, 0.717) is 5.92 Å². The SMILES string of the molecule is CCc1ccc(C=C(CNC)C(C)C)o1. The van der Waals surface area contributed by atoms with Crippen LogP contribution in [0.5, 0.6) is 0 Å². The van der Waals surface area contributed by atoms with Gasteiger partial charge in [-0.3, -0.25) is 0 Å². The molecular formula is C13H21NO. The van der Waals surface area contributed by atoms with Crippen molar-refractivity contribution >= 4 is 6.08 Å². The fourth-order valence-corrected chi connectivity index (χ4v) is 1.47. The van der Waals surface area contributed by atoms with E-state index in [1.54, 1.807) is 0 Å². The molecular weight excluding hydrogens is 186 g/mol. The predicted octanol–water partition coefficient (Wildman–Crippen LogP) is 3.10. The van der Waals surface area contributed by atoms with E-state index >= 15 is 0 Å². The second kappa shape index (κ2) is 5.76. The van der Waals surface area contributed by atoms with Gasteiger partial charge < -0.3 is 9.73 Å². The number of furan rings is 1. The summed E-state index contributed by atoms with van der Waals surface area (Å²) in [4.78, 5) is 0. The first kappa shape index (κ1) is 12.1. The van der Waals surface area contributed by atoms with Crippen molar-refractivity contribution in [1.29, 1.82) is 0 Å². The number of hydrogen-bond donors (Lipinski definition) is 1. The molecule has 0 aliphatic rings. The van der Waals surface area contributed by atoms with Gasteiger partial charge in [0.05, 0.1) is 0 Å². The van der Waals surface area contributed by atoms with Gasteiger partial charge in [0.1, 0.15) is 11.5 Å². The van der Waals surface area contributed by atoms with Crippen molar-refractivity contribution in [1.82, 2.24) is 5.32 Å². The lowest BCUT2D eigenvalue weighted by molar-refractivity contribution is 0.506. The molecule has 0 aromatic carbocycles. The first-order chi connectivity index (χ1) is 7.17. The van der Waals surface area contributed by atoms with Gasteiger partial charge in [0.25, 0.3) is 0 Å². The third-order valence-corrected chi connectivity index (χ3v) is 2.48. The Balaban J connectivity index is 2.81. The minimum absolute atomic E-state index is 0.549. The van der Waals surface area contributed by atoms with Crippen LogP contribution in [0.1, 0.15) is 32.3 Å². The van der Waals surface area contributed by atoms with Crippen LogP contribution >= 0.6 is 0 Å². The van der Waals surface area contributed by atoms with E-state index in [-0.39, 0.29) is 0 Å². The molecule has 1 N–H and O–H groups in total. The topological polar surface area (TPSA) is 25.2 Å². The highest BCUT2D eigenvalue weighted by atomic mass is 16.3. The van der Waals surface area contributed by atoms with Crippen molar-refractivity contribution in [3.05, 3.63) is 29.2 Å². The number of likely N-dealkylation sites (N-methyl/N-ethyl adjacent to an activating group) is 1. The normalized spacial score (nSPS) is 12.5. The van der Waals surface area contributed by atoms with Gasteiger partial charge in [-0.1, -0.05) is 26.3 Å². The molecule has 1 aromatic heterocycles. The van der Waals surface area contributed by atoms with Gasteiger partial charge in [-0.25, -0.2) is 0 Å². The van der Waals surface area contributed by atoms with Crippen molar-refractivity contribution in [2.24, 2.45) is 5.92 Å². The van der Waals surface area contributed by atoms with E-state index in [2.05, 4.69) is 32.2 Å². The Labute approximate surface area is 92.4 Å². The third kappa shape index (κ3) is 3.56. The van der Waals surface area contributed by atoms with Gasteiger partial charge in [-0.15, -0.1) is 0 Å². The number of hydrogen-bond acceptors (Lipinski definition) is 2. The molecule has 0 amide bonds.